The average molecular weight is 560 g/mol. The van der Waals surface area contributed by atoms with Gasteiger partial charge in [0.1, 0.15) is 15.3 Å². The first-order valence-electron chi connectivity index (χ1n) is 11.4. The summed E-state index contributed by atoms with van der Waals surface area (Å²) in [4.78, 5) is 39.3. The van der Waals surface area contributed by atoms with Crippen molar-refractivity contribution < 1.29 is 27.5 Å². The summed E-state index contributed by atoms with van der Waals surface area (Å²) in [5, 5.41) is 5.37. The van der Waals surface area contributed by atoms with Crippen LogP contribution in [0.2, 0.25) is 4.34 Å². The Labute approximate surface area is 216 Å². The summed E-state index contributed by atoms with van der Waals surface area (Å²) in [6.07, 6.45) is 4.38. The van der Waals surface area contributed by atoms with Gasteiger partial charge in [-0.15, -0.1) is 22.7 Å². The Kier molecular flexibility index (Phi) is 8.16. The SMILES string of the molecule is CCOC(=O)NC(=O)c1c(NC(=O)C2CCCN2S(=O)(=O)c2ccc(Cl)s2)sc2c1CCCCC2. The van der Waals surface area contributed by atoms with Gasteiger partial charge in [0.15, 0.2) is 0 Å². The molecule has 2 aromatic heterocycles. The first kappa shape index (κ1) is 26.1. The lowest BCUT2D eigenvalue weighted by molar-refractivity contribution is -0.119. The second kappa shape index (κ2) is 11.0. The molecule has 1 aliphatic carbocycles. The summed E-state index contributed by atoms with van der Waals surface area (Å²) in [6, 6.07) is 2.03. The Hall–Kier alpha value is -1.99. The molecular weight excluding hydrogens is 534 g/mol. The van der Waals surface area contributed by atoms with E-state index in [1.165, 1.54) is 27.8 Å². The lowest BCUT2D eigenvalue weighted by Crippen LogP contribution is -2.43. The molecule has 0 spiro atoms. The van der Waals surface area contributed by atoms with E-state index in [0.29, 0.717) is 28.6 Å². The predicted octanol–water partition coefficient (Wildman–Crippen LogP) is 4.41. The number of anilines is 1. The van der Waals surface area contributed by atoms with E-state index >= 15 is 0 Å². The van der Waals surface area contributed by atoms with Gasteiger partial charge in [-0.2, -0.15) is 4.31 Å². The second-order valence-electron chi connectivity index (χ2n) is 8.26. The van der Waals surface area contributed by atoms with Gasteiger partial charge in [0, 0.05) is 11.4 Å². The molecule has 1 saturated heterocycles. The van der Waals surface area contributed by atoms with Crippen LogP contribution in [0.4, 0.5) is 9.80 Å². The molecule has 3 heterocycles. The largest absolute Gasteiger partial charge is 0.450 e. The van der Waals surface area contributed by atoms with Crippen LogP contribution >= 0.6 is 34.3 Å². The highest BCUT2D eigenvalue weighted by molar-refractivity contribution is 7.91. The molecule has 1 unspecified atom stereocenters. The Morgan fingerprint density at radius 3 is 2.63 bits per heavy atom. The number of thiophene rings is 2. The Bertz CT molecular complexity index is 1240. The summed E-state index contributed by atoms with van der Waals surface area (Å²) in [6.45, 7) is 1.97. The molecule has 2 aromatic rings. The molecule has 2 aliphatic rings. The highest BCUT2D eigenvalue weighted by Crippen LogP contribution is 2.38. The van der Waals surface area contributed by atoms with Gasteiger partial charge in [-0.3, -0.25) is 14.9 Å². The number of carbonyl (C=O) groups excluding carboxylic acids is 3. The predicted molar refractivity (Wildman–Crippen MR) is 135 cm³/mol. The molecule has 35 heavy (non-hydrogen) atoms. The maximum absolute atomic E-state index is 13.3. The van der Waals surface area contributed by atoms with Gasteiger partial charge < -0.3 is 10.1 Å². The van der Waals surface area contributed by atoms with Gasteiger partial charge in [-0.05, 0) is 63.1 Å². The molecule has 0 bridgehead atoms. The molecule has 3 amide bonds. The molecule has 1 atom stereocenters. The zero-order valence-corrected chi connectivity index (χ0v) is 22.3. The van der Waals surface area contributed by atoms with Crippen molar-refractivity contribution in [1.82, 2.24) is 9.62 Å². The van der Waals surface area contributed by atoms with Crippen LogP contribution in [0.3, 0.4) is 0 Å². The number of rotatable bonds is 6. The fraction of sp³-hybridized carbons (Fsp3) is 0.500. The number of nitrogens with one attached hydrogen (secondary N) is 2. The molecule has 9 nitrogen and oxygen atoms in total. The van der Waals surface area contributed by atoms with Gasteiger partial charge in [-0.1, -0.05) is 18.0 Å². The number of sulfonamides is 1. The minimum atomic E-state index is -3.89. The van der Waals surface area contributed by atoms with E-state index in [0.717, 1.165) is 47.5 Å². The highest BCUT2D eigenvalue weighted by Gasteiger charge is 2.41. The van der Waals surface area contributed by atoms with Crippen molar-refractivity contribution in [3.05, 3.63) is 32.5 Å². The lowest BCUT2D eigenvalue weighted by atomic mass is 10.0. The van der Waals surface area contributed by atoms with Crippen LogP contribution < -0.4 is 10.6 Å². The third-order valence-electron chi connectivity index (χ3n) is 5.99. The number of halogens is 1. The first-order valence-corrected chi connectivity index (χ1v) is 14.9. The van der Waals surface area contributed by atoms with Crippen LogP contribution in [-0.2, 0) is 32.4 Å². The standard InChI is InChI=1S/C22H26ClN3O6S3/c1-2-32-22(29)25-20(28)18-13-7-4-3-5-9-15(13)33-21(18)24-19(27)14-8-6-12-26(14)35(30,31)17-11-10-16(23)34-17/h10-11,14H,2-9,12H2,1H3,(H,24,27)(H,25,28,29). The van der Waals surface area contributed by atoms with Crippen LogP contribution in [0.25, 0.3) is 0 Å². The molecule has 0 radical (unpaired) electrons. The molecule has 190 valence electrons. The number of ether oxygens (including phenoxy) is 1. The highest BCUT2D eigenvalue weighted by atomic mass is 35.5. The van der Waals surface area contributed by atoms with Crippen LogP contribution in [0.1, 0.15) is 59.8 Å². The molecule has 1 aliphatic heterocycles. The number of alkyl carbamates (subject to hydrolysis) is 1. The normalized spacial score (nSPS) is 18.5. The van der Waals surface area contributed by atoms with Gasteiger partial charge in [-0.25, -0.2) is 13.2 Å². The molecule has 0 saturated carbocycles. The lowest BCUT2D eigenvalue weighted by Gasteiger charge is -2.22. The second-order valence-corrected chi connectivity index (χ2v) is 13.2. The third kappa shape index (κ3) is 5.56. The minimum absolute atomic E-state index is 0.0829. The van der Waals surface area contributed by atoms with Crippen molar-refractivity contribution >= 4 is 67.2 Å². The summed E-state index contributed by atoms with van der Waals surface area (Å²) >= 11 is 8.19. The zero-order chi connectivity index (χ0) is 25.2. The van der Waals surface area contributed by atoms with E-state index in [4.69, 9.17) is 16.3 Å². The van der Waals surface area contributed by atoms with Crippen LogP contribution in [0.15, 0.2) is 16.3 Å². The van der Waals surface area contributed by atoms with Gasteiger partial charge in [0.25, 0.3) is 15.9 Å². The zero-order valence-electron chi connectivity index (χ0n) is 19.1. The van der Waals surface area contributed by atoms with Gasteiger partial charge in [0.2, 0.25) is 5.91 Å². The fourth-order valence-corrected chi connectivity index (χ4v) is 8.99. The topological polar surface area (TPSA) is 122 Å². The van der Waals surface area contributed by atoms with E-state index in [1.54, 1.807) is 6.92 Å². The number of amides is 3. The number of hydrogen-bond donors (Lipinski definition) is 2. The van der Waals surface area contributed by atoms with Crippen molar-refractivity contribution in [1.29, 1.82) is 0 Å². The van der Waals surface area contributed by atoms with E-state index < -0.39 is 34.0 Å². The van der Waals surface area contributed by atoms with Crippen molar-refractivity contribution in [2.45, 2.75) is 62.1 Å². The average Bonchev–Trinajstić information content (AvgIpc) is 3.50. The van der Waals surface area contributed by atoms with Crippen molar-refractivity contribution in [2.24, 2.45) is 0 Å². The number of fused-ring (bicyclic) bond motifs is 1. The smallest absolute Gasteiger partial charge is 0.414 e. The van der Waals surface area contributed by atoms with Crippen LogP contribution in [0, 0.1) is 0 Å². The van der Waals surface area contributed by atoms with E-state index in [1.807, 2.05) is 0 Å². The number of carbonyl (C=O) groups is 3. The maximum atomic E-state index is 13.3. The minimum Gasteiger partial charge on any atom is -0.450 e. The van der Waals surface area contributed by atoms with Gasteiger partial charge >= 0.3 is 6.09 Å². The molecule has 4 rings (SSSR count). The number of imide groups is 1. The molecule has 13 heteroatoms. The quantitative estimate of drug-likeness (QED) is 0.506. The summed E-state index contributed by atoms with van der Waals surface area (Å²) in [5.74, 6) is -1.14. The van der Waals surface area contributed by atoms with Crippen LogP contribution in [-0.4, -0.2) is 49.8 Å². The summed E-state index contributed by atoms with van der Waals surface area (Å²) in [7, 11) is -3.89. The molecule has 0 aromatic carbocycles. The molecule has 1 fully saturated rings. The third-order valence-corrected chi connectivity index (χ3v) is 10.8. The maximum Gasteiger partial charge on any atom is 0.414 e. The van der Waals surface area contributed by atoms with Crippen molar-refractivity contribution in [3.8, 4) is 0 Å². The van der Waals surface area contributed by atoms with Crippen LogP contribution in [0.5, 0.6) is 0 Å². The van der Waals surface area contributed by atoms with E-state index in [2.05, 4.69) is 10.6 Å². The van der Waals surface area contributed by atoms with Gasteiger partial charge in [0.05, 0.1) is 16.5 Å². The van der Waals surface area contributed by atoms with E-state index in [9.17, 15) is 22.8 Å². The van der Waals surface area contributed by atoms with Crippen molar-refractivity contribution in [3.63, 3.8) is 0 Å². The number of aryl methyl sites for hydroxylation is 1. The van der Waals surface area contributed by atoms with Crippen molar-refractivity contribution in [2.75, 3.05) is 18.5 Å². The number of nitrogens with zero attached hydrogens (tertiary/aromatic N) is 1. The molecule has 2 N–H and O–H groups in total. The summed E-state index contributed by atoms with van der Waals surface area (Å²) < 4.78 is 32.8. The fourth-order valence-electron chi connectivity index (χ4n) is 4.43. The Morgan fingerprint density at radius 2 is 1.91 bits per heavy atom. The van der Waals surface area contributed by atoms with E-state index in [-0.39, 0.29) is 22.9 Å². The Balaban J connectivity index is 1.61. The number of hydrogen-bond acceptors (Lipinski definition) is 8. The Morgan fingerprint density at radius 1 is 1.14 bits per heavy atom. The monoisotopic (exact) mass is 559 g/mol. The molecular formula is C22H26ClN3O6S3. The first-order chi connectivity index (χ1) is 16.7. The summed E-state index contributed by atoms with van der Waals surface area (Å²) in [5.41, 5.74) is 1.08.